The van der Waals surface area contributed by atoms with Crippen LogP contribution in [0.4, 0.5) is 0 Å². The third kappa shape index (κ3) is 5.84. The van der Waals surface area contributed by atoms with Crippen molar-refractivity contribution in [2.24, 2.45) is 4.99 Å². The number of benzene rings is 2. The summed E-state index contributed by atoms with van der Waals surface area (Å²) in [6.07, 6.45) is 7.42. The summed E-state index contributed by atoms with van der Waals surface area (Å²) in [5.41, 5.74) is 5.74. The zero-order chi connectivity index (χ0) is 26.4. The molecule has 0 atom stereocenters. The van der Waals surface area contributed by atoms with Gasteiger partial charge in [0.25, 0.3) is 0 Å². The van der Waals surface area contributed by atoms with Gasteiger partial charge in [0, 0.05) is 23.7 Å². The van der Waals surface area contributed by atoms with E-state index < -0.39 is 0 Å². The van der Waals surface area contributed by atoms with Crippen molar-refractivity contribution in [1.82, 2.24) is 9.88 Å². The summed E-state index contributed by atoms with van der Waals surface area (Å²) in [5.74, 6) is 0.758. The van der Waals surface area contributed by atoms with E-state index in [0.717, 1.165) is 46.4 Å². The van der Waals surface area contributed by atoms with Crippen molar-refractivity contribution in [3.63, 3.8) is 0 Å². The van der Waals surface area contributed by atoms with Crippen LogP contribution in [-0.2, 0) is 0 Å². The van der Waals surface area contributed by atoms with Gasteiger partial charge < -0.3 is 5.11 Å². The second-order valence-corrected chi connectivity index (χ2v) is 9.96. The summed E-state index contributed by atoms with van der Waals surface area (Å²) in [5, 5.41) is 20.9. The van der Waals surface area contributed by atoms with Crippen LogP contribution in [0.1, 0.15) is 49.3 Å². The predicted molar refractivity (Wildman–Crippen MR) is 153 cm³/mol. The van der Waals surface area contributed by atoms with Gasteiger partial charge >= 0.3 is 0 Å². The zero-order valence-electron chi connectivity index (χ0n) is 21.2. The lowest BCUT2D eigenvalue weighted by molar-refractivity contribution is 0.315. The fourth-order valence-corrected chi connectivity index (χ4v) is 5.07. The van der Waals surface area contributed by atoms with Gasteiger partial charge in [-0.3, -0.25) is 9.88 Å². The van der Waals surface area contributed by atoms with Crippen LogP contribution in [0.2, 0.25) is 0 Å². The van der Waals surface area contributed by atoms with E-state index in [4.69, 9.17) is 4.99 Å². The Morgan fingerprint density at radius 2 is 1.92 bits per heavy atom. The van der Waals surface area contributed by atoms with Crippen LogP contribution in [0, 0.1) is 18.3 Å². The van der Waals surface area contributed by atoms with Crippen LogP contribution in [0.3, 0.4) is 0 Å². The minimum Gasteiger partial charge on any atom is -0.493 e. The summed E-state index contributed by atoms with van der Waals surface area (Å²) in [6, 6.07) is 19.6. The number of amidine groups is 1. The molecular formula is C31H30N4OS. The molecule has 6 heteroatoms. The molecule has 1 aromatic heterocycles. The number of rotatable bonds is 9. The van der Waals surface area contributed by atoms with Crippen molar-refractivity contribution in [2.75, 3.05) is 0 Å². The Hall–Kier alpha value is -4.08. The quantitative estimate of drug-likeness (QED) is 0.296. The summed E-state index contributed by atoms with van der Waals surface area (Å²) < 4.78 is 0. The SMILES string of the molecule is C=C1N=C(CCCCC)N(C(=C)c2cccc(C#N)c2)C(O)=C1Sc1ccc(-c2ccncc2C)cc1. The van der Waals surface area contributed by atoms with Gasteiger partial charge in [-0.15, -0.1) is 0 Å². The maximum absolute atomic E-state index is 11.5. The first kappa shape index (κ1) is 26.0. The minimum absolute atomic E-state index is 0.0536. The molecule has 0 amide bonds. The van der Waals surface area contributed by atoms with Gasteiger partial charge in [0.15, 0.2) is 0 Å². The Morgan fingerprint density at radius 1 is 1.14 bits per heavy atom. The van der Waals surface area contributed by atoms with Crippen molar-refractivity contribution in [2.45, 2.75) is 44.4 Å². The molecule has 1 aliphatic heterocycles. The monoisotopic (exact) mass is 506 g/mol. The van der Waals surface area contributed by atoms with E-state index in [9.17, 15) is 10.4 Å². The lowest BCUT2D eigenvalue weighted by Crippen LogP contribution is -2.32. The van der Waals surface area contributed by atoms with Crippen molar-refractivity contribution < 1.29 is 5.11 Å². The number of hydrogen-bond donors (Lipinski definition) is 1. The lowest BCUT2D eigenvalue weighted by Gasteiger charge is -2.32. The van der Waals surface area contributed by atoms with Crippen molar-refractivity contribution in [3.05, 3.63) is 113 Å². The number of hydrogen-bond acceptors (Lipinski definition) is 6. The Morgan fingerprint density at radius 3 is 2.62 bits per heavy atom. The molecule has 4 rings (SSSR count). The van der Waals surface area contributed by atoms with Crippen LogP contribution in [0.5, 0.6) is 0 Å². The second kappa shape index (κ2) is 11.8. The number of nitriles is 1. The van der Waals surface area contributed by atoms with Crippen molar-refractivity contribution in [1.29, 1.82) is 5.26 Å². The number of nitrogens with zero attached hydrogens (tertiary/aromatic N) is 4. The predicted octanol–water partition coefficient (Wildman–Crippen LogP) is 8.23. The molecule has 0 saturated carbocycles. The topological polar surface area (TPSA) is 72.5 Å². The van der Waals surface area contributed by atoms with Gasteiger partial charge in [0.1, 0.15) is 5.84 Å². The highest BCUT2D eigenvalue weighted by atomic mass is 32.2. The Labute approximate surface area is 223 Å². The van der Waals surface area contributed by atoms with Gasteiger partial charge in [-0.2, -0.15) is 5.26 Å². The molecule has 37 heavy (non-hydrogen) atoms. The fourth-order valence-electron chi connectivity index (χ4n) is 4.21. The van der Waals surface area contributed by atoms with E-state index in [1.54, 1.807) is 23.2 Å². The highest BCUT2D eigenvalue weighted by Gasteiger charge is 2.29. The molecule has 2 heterocycles. The van der Waals surface area contributed by atoms with Crippen molar-refractivity contribution >= 4 is 23.3 Å². The number of aryl methyl sites for hydroxylation is 1. The van der Waals surface area contributed by atoms with E-state index in [-0.39, 0.29) is 5.88 Å². The summed E-state index contributed by atoms with van der Waals surface area (Å²) in [7, 11) is 0. The van der Waals surface area contributed by atoms with Crippen LogP contribution in [0.15, 0.2) is 107 Å². The van der Waals surface area contributed by atoms with Gasteiger partial charge in [-0.25, -0.2) is 4.99 Å². The number of aliphatic hydroxyl groups excluding tert-OH is 1. The number of aromatic nitrogens is 1. The third-order valence-corrected chi connectivity index (χ3v) is 7.33. The molecule has 0 unspecified atom stereocenters. The molecule has 0 aliphatic carbocycles. The summed E-state index contributed by atoms with van der Waals surface area (Å²) >= 11 is 1.42. The highest BCUT2D eigenvalue weighted by molar-refractivity contribution is 8.03. The maximum Gasteiger partial charge on any atom is 0.213 e. The number of thioether (sulfide) groups is 1. The third-order valence-electron chi connectivity index (χ3n) is 6.20. The molecule has 3 aromatic rings. The Balaban J connectivity index is 1.66. The summed E-state index contributed by atoms with van der Waals surface area (Å²) in [6.45, 7) is 12.6. The first-order chi connectivity index (χ1) is 17.9. The normalized spacial score (nSPS) is 13.4. The van der Waals surface area contributed by atoms with Crippen LogP contribution in [-0.4, -0.2) is 20.8 Å². The molecule has 1 N–H and O–H groups in total. The first-order valence-electron chi connectivity index (χ1n) is 12.3. The van der Waals surface area contributed by atoms with Gasteiger partial charge in [-0.1, -0.05) is 69.0 Å². The standard InChI is InChI=1S/C31H30N4OS/c1-5-6-7-11-29-34-22(3)30(31(36)35(29)23(4)26-10-8-9-24(18-26)19-32)37-27-14-12-25(13-15-27)28-16-17-33-20-21(28)2/h8-10,12-18,20,36H,3-7,11H2,1-2H3. The molecule has 0 bridgehead atoms. The maximum atomic E-state index is 11.5. The molecule has 5 nitrogen and oxygen atoms in total. The van der Waals surface area contributed by atoms with Gasteiger partial charge in [-0.05, 0) is 65.9 Å². The number of aliphatic hydroxyl groups is 1. The fraction of sp³-hybridized carbons (Fsp3) is 0.194. The van der Waals surface area contributed by atoms with E-state index in [1.807, 2.05) is 43.5 Å². The molecule has 0 spiro atoms. The van der Waals surface area contributed by atoms with E-state index in [0.29, 0.717) is 34.1 Å². The zero-order valence-corrected chi connectivity index (χ0v) is 22.1. The lowest BCUT2D eigenvalue weighted by atomic mass is 10.0. The number of pyridine rings is 1. The van der Waals surface area contributed by atoms with Gasteiger partial charge in [0.2, 0.25) is 5.88 Å². The molecule has 0 radical (unpaired) electrons. The average Bonchev–Trinajstić information content (AvgIpc) is 2.91. The largest absolute Gasteiger partial charge is 0.493 e. The first-order valence-corrected chi connectivity index (χ1v) is 13.1. The molecule has 186 valence electrons. The molecular weight excluding hydrogens is 476 g/mol. The van der Waals surface area contributed by atoms with Gasteiger partial charge in [0.05, 0.1) is 27.9 Å². The second-order valence-electron chi connectivity index (χ2n) is 8.88. The summed E-state index contributed by atoms with van der Waals surface area (Å²) in [4.78, 5) is 12.2. The number of aliphatic imine (C=N–C) groups is 1. The highest BCUT2D eigenvalue weighted by Crippen LogP contribution is 2.40. The van der Waals surface area contributed by atoms with E-state index in [1.165, 1.54) is 11.8 Å². The number of unbranched alkanes of at least 4 members (excludes halogenated alkanes) is 2. The molecule has 2 aromatic carbocycles. The Kier molecular flexibility index (Phi) is 8.27. The Bertz CT molecular complexity index is 1430. The smallest absolute Gasteiger partial charge is 0.213 e. The van der Waals surface area contributed by atoms with Crippen LogP contribution >= 0.6 is 11.8 Å². The van der Waals surface area contributed by atoms with Crippen LogP contribution < -0.4 is 0 Å². The molecule has 0 saturated heterocycles. The van der Waals surface area contributed by atoms with E-state index >= 15 is 0 Å². The van der Waals surface area contributed by atoms with E-state index in [2.05, 4.69) is 43.3 Å². The average molecular weight is 507 g/mol. The minimum atomic E-state index is 0.0536. The van der Waals surface area contributed by atoms with Crippen molar-refractivity contribution in [3.8, 4) is 17.2 Å². The molecule has 1 aliphatic rings. The molecule has 0 fully saturated rings. The van der Waals surface area contributed by atoms with Crippen LogP contribution in [0.25, 0.3) is 16.8 Å².